The van der Waals surface area contributed by atoms with Gasteiger partial charge in [-0.15, -0.1) is 0 Å². The molecule has 0 aliphatic heterocycles. The fraction of sp³-hybridized carbons (Fsp3) is 0.278. The molecule has 0 aliphatic carbocycles. The predicted octanol–water partition coefficient (Wildman–Crippen LogP) is 1.89. The van der Waals surface area contributed by atoms with E-state index in [4.69, 9.17) is 4.74 Å². The molecule has 3 rings (SSSR count). The second kappa shape index (κ2) is 9.42. The number of carbonyl (C=O) groups excluding carboxylic acids is 1. The summed E-state index contributed by atoms with van der Waals surface area (Å²) >= 11 is 0. The lowest BCUT2D eigenvalue weighted by atomic mass is 10.2. The first-order valence-corrected chi connectivity index (χ1v) is 8.83. The third kappa shape index (κ3) is 5.24. The number of ether oxygens (including phenoxy) is 1. The molecule has 10 nitrogen and oxygen atoms in total. The van der Waals surface area contributed by atoms with E-state index in [1.165, 1.54) is 0 Å². The van der Waals surface area contributed by atoms with Crippen molar-refractivity contribution in [1.29, 1.82) is 0 Å². The Bertz CT molecular complexity index is 927. The number of nitrogens with zero attached hydrogens (tertiary/aromatic N) is 5. The third-order valence-electron chi connectivity index (χ3n) is 3.78. The van der Waals surface area contributed by atoms with Crippen molar-refractivity contribution in [2.45, 2.75) is 13.3 Å². The maximum atomic E-state index is 11.8. The molecule has 0 saturated carbocycles. The van der Waals surface area contributed by atoms with Gasteiger partial charge in [0.1, 0.15) is 11.6 Å². The van der Waals surface area contributed by atoms with Crippen molar-refractivity contribution < 1.29 is 9.53 Å². The van der Waals surface area contributed by atoms with Gasteiger partial charge in [0, 0.05) is 37.7 Å². The lowest BCUT2D eigenvalue weighted by molar-refractivity contribution is -0.121. The van der Waals surface area contributed by atoms with Crippen LogP contribution in [0.4, 0.5) is 17.6 Å². The van der Waals surface area contributed by atoms with Crippen LogP contribution in [0.5, 0.6) is 0 Å². The number of pyridine rings is 1. The van der Waals surface area contributed by atoms with Gasteiger partial charge in [0.25, 0.3) is 0 Å². The summed E-state index contributed by atoms with van der Waals surface area (Å²) in [5.41, 5.74) is 6.95. The highest BCUT2D eigenvalue weighted by Gasteiger charge is 2.07. The summed E-state index contributed by atoms with van der Waals surface area (Å²) in [6.07, 6.45) is 5.27. The summed E-state index contributed by atoms with van der Waals surface area (Å²) in [6, 6.07) is 7.25. The average Bonchev–Trinajstić information content (AvgIpc) is 3.11. The number of hydrazine groups is 1. The van der Waals surface area contributed by atoms with Crippen molar-refractivity contribution in [3.63, 3.8) is 0 Å². The van der Waals surface area contributed by atoms with Crippen LogP contribution in [0.2, 0.25) is 0 Å². The van der Waals surface area contributed by atoms with Gasteiger partial charge in [0.15, 0.2) is 0 Å². The van der Waals surface area contributed by atoms with Gasteiger partial charge in [0.2, 0.25) is 11.9 Å². The molecule has 0 atom stereocenters. The summed E-state index contributed by atoms with van der Waals surface area (Å²) in [5.74, 6) is 1.56. The van der Waals surface area contributed by atoms with E-state index in [9.17, 15) is 4.79 Å². The van der Waals surface area contributed by atoms with Gasteiger partial charge < -0.3 is 10.1 Å². The van der Waals surface area contributed by atoms with Crippen LogP contribution in [-0.4, -0.2) is 43.9 Å². The van der Waals surface area contributed by atoms with Crippen LogP contribution < -0.4 is 16.2 Å². The summed E-state index contributed by atoms with van der Waals surface area (Å²) in [5, 5.41) is 7.22. The van der Waals surface area contributed by atoms with Crippen molar-refractivity contribution >= 4 is 23.5 Å². The molecule has 3 aromatic heterocycles. The number of anilines is 3. The van der Waals surface area contributed by atoms with Gasteiger partial charge in [-0.2, -0.15) is 5.10 Å². The minimum absolute atomic E-state index is 0.176. The first-order chi connectivity index (χ1) is 13.7. The number of rotatable bonds is 9. The molecule has 10 heteroatoms. The Hall–Kier alpha value is -3.53. The molecule has 146 valence electrons. The fourth-order valence-electron chi connectivity index (χ4n) is 2.35. The first kappa shape index (κ1) is 19.2. The van der Waals surface area contributed by atoms with Crippen LogP contribution >= 0.6 is 0 Å². The molecule has 0 aromatic carbocycles. The van der Waals surface area contributed by atoms with E-state index in [0.29, 0.717) is 30.7 Å². The normalized spacial score (nSPS) is 10.5. The SMILES string of the molecule is CCOCCC(=O)NNc1cc(-c2ccnc(Nc3ccnn3C)n2)ccn1. The van der Waals surface area contributed by atoms with Crippen LogP contribution in [0.1, 0.15) is 13.3 Å². The Labute approximate surface area is 162 Å². The van der Waals surface area contributed by atoms with E-state index in [1.807, 2.05) is 26.1 Å². The highest BCUT2D eigenvalue weighted by atomic mass is 16.5. The molecule has 1 amide bonds. The quantitative estimate of drug-likeness (QED) is 0.379. The number of carbonyl (C=O) groups is 1. The van der Waals surface area contributed by atoms with Gasteiger partial charge in [-0.1, -0.05) is 0 Å². The van der Waals surface area contributed by atoms with Gasteiger partial charge in [-0.25, -0.2) is 15.0 Å². The number of aromatic nitrogens is 5. The minimum Gasteiger partial charge on any atom is -0.381 e. The van der Waals surface area contributed by atoms with Crippen molar-refractivity contribution in [2.24, 2.45) is 7.05 Å². The molecule has 0 bridgehead atoms. The van der Waals surface area contributed by atoms with E-state index in [2.05, 4.69) is 36.2 Å². The van der Waals surface area contributed by atoms with Gasteiger partial charge in [-0.05, 0) is 25.1 Å². The molecule has 0 saturated heterocycles. The molecule has 0 aliphatic rings. The molecule has 0 fully saturated rings. The number of hydrogen-bond acceptors (Lipinski definition) is 8. The minimum atomic E-state index is -0.176. The molecule has 0 spiro atoms. The predicted molar refractivity (Wildman–Crippen MR) is 105 cm³/mol. The number of nitrogens with one attached hydrogen (secondary N) is 3. The smallest absolute Gasteiger partial charge is 0.240 e. The Morgan fingerprint density at radius 3 is 2.82 bits per heavy atom. The highest BCUT2D eigenvalue weighted by Crippen LogP contribution is 2.20. The average molecular weight is 382 g/mol. The van der Waals surface area contributed by atoms with E-state index >= 15 is 0 Å². The van der Waals surface area contributed by atoms with Gasteiger partial charge >= 0.3 is 0 Å². The largest absolute Gasteiger partial charge is 0.381 e. The Balaban J connectivity index is 1.65. The Morgan fingerprint density at radius 2 is 2.04 bits per heavy atom. The van der Waals surface area contributed by atoms with E-state index in [1.54, 1.807) is 35.4 Å². The summed E-state index contributed by atoms with van der Waals surface area (Å²) in [6.45, 7) is 2.85. The van der Waals surface area contributed by atoms with Crippen LogP contribution in [0.25, 0.3) is 11.3 Å². The number of amides is 1. The third-order valence-corrected chi connectivity index (χ3v) is 3.78. The second-order valence-corrected chi connectivity index (χ2v) is 5.78. The lowest BCUT2D eigenvalue weighted by Crippen LogP contribution is -2.30. The molecule has 3 aromatic rings. The summed E-state index contributed by atoms with van der Waals surface area (Å²) in [7, 11) is 1.83. The molecule has 0 unspecified atom stereocenters. The molecule has 3 N–H and O–H groups in total. The molecular formula is C18H22N8O2. The van der Waals surface area contributed by atoms with Crippen molar-refractivity contribution in [3.8, 4) is 11.3 Å². The molecule has 0 radical (unpaired) electrons. The Kier molecular flexibility index (Phi) is 6.47. The Morgan fingerprint density at radius 1 is 1.18 bits per heavy atom. The number of aryl methyl sites for hydroxylation is 1. The van der Waals surface area contributed by atoms with Crippen molar-refractivity contribution in [1.82, 2.24) is 30.2 Å². The monoisotopic (exact) mass is 382 g/mol. The molecule has 28 heavy (non-hydrogen) atoms. The second-order valence-electron chi connectivity index (χ2n) is 5.78. The summed E-state index contributed by atoms with van der Waals surface area (Å²) < 4.78 is 6.85. The highest BCUT2D eigenvalue weighted by molar-refractivity contribution is 5.77. The van der Waals surface area contributed by atoms with Gasteiger partial charge in [-0.3, -0.25) is 20.3 Å². The van der Waals surface area contributed by atoms with E-state index in [0.717, 1.165) is 11.4 Å². The van der Waals surface area contributed by atoms with E-state index < -0.39 is 0 Å². The zero-order valence-corrected chi connectivity index (χ0v) is 15.7. The first-order valence-electron chi connectivity index (χ1n) is 8.83. The van der Waals surface area contributed by atoms with Crippen LogP contribution in [-0.2, 0) is 16.6 Å². The molecule has 3 heterocycles. The van der Waals surface area contributed by atoms with Crippen molar-refractivity contribution in [2.75, 3.05) is 24.0 Å². The van der Waals surface area contributed by atoms with Crippen LogP contribution in [0.15, 0.2) is 42.9 Å². The fourth-order valence-corrected chi connectivity index (χ4v) is 2.35. The molecular weight excluding hydrogens is 360 g/mol. The summed E-state index contributed by atoms with van der Waals surface area (Å²) in [4.78, 5) is 24.7. The lowest BCUT2D eigenvalue weighted by Gasteiger charge is -2.10. The van der Waals surface area contributed by atoms with E-state index in [-0.39, 0.29) is 12.3 Å². The maximum absolute atomic E-state index is 11.8. The number of hydrogen-bond donors (Lipinski definition) is 3. The van der Waals surface area contributed by atoms with Crippen molar-refractivity contribution in [3.05, 3.63) is 42.9 Å². The van der Waals surface area contributed by atoms with Crippen LogP contribution in [0.3, 0.4) is 0 Å². The van der Waals surface area contributed by atoms with Gasteiger partial charge in [0.05, 0.1) is 24.9 Å². The maximum Gasteiger partial charge on any atom is 0.240 e. The van der Waals surface area contributed by atoms with Crippen LogP contribution in [0, 0.1) is 0 Å². The topological polar surface area (TPSA) is 119 Å². The zero-order valence-electron chi connectivity index (χ0n) is 15.7. The zero-order chi connectivity index (χ0) is 19.8. The standard InChI is InChI=1S/C18H22N8O2/c1-3-28-11-7-17(27)25-24-15-12-13(4-8-19-15)14-5-9-20-18(22-14)23-16-6-10-21-26(16)2/h4-6,8-10,12H,3,7,11H2,1-2H3,(H,19,24)(H,25,27)(H,20,22,23).